The van der Waals surface area contributed by atoms with Crippen molar-refractivity contribution in [2.75, 3.05) is 11.9 Å². The second kappa shape index (κ2) is 7.63. The van der Waals surface area contributed by atoms with Crippen LogP contribution >= 0.6 is 15.9 Å². The van der Waals surface area contributed by atoms with Crippen LogP contribution in [0.2, 0.25) is 0 Å². The Morgan fingerprint density at radius 1 is 1.32 bits per heavy atom. The molecule has 0 N–H and O–H groups in total. The molecule has 0 heterocycles. The number of aryl methyl sites for hydroxylation is 1. The van der Waals surface area contributed by atoms with E-state index in [0.717, 1.165) is 23.7 Å². The minimum atomic E-state index is -0.355. The summed E-state index contributed by atoms with van der Waals surface area (Å²) in [5, 5.41) is 0.726. The quantitative estimate of drug-likeness (QED) is 0.717. The monoisotopic (exact) mass is 329 g/mol. The van der Waals surface area contributed by atoms with Crippen molar-refractivity contribution >= 4 is 21.8 Å². The van der Waals surface area contributed by atoms with Crippen molar-refractivity contribution in [2.45, 2.75) is 39.7 Å². The van der Waals surface area contributed by atoms with Crippen molar-refractivity contribution in [3.05, 3.63) is 35.1 Å². The molecule has 0 saturated heterocycles. The Morgan fingerprint density at radius 2 is 1.95 bits per heavy atom. The molecule has 1 aromatic carbocycles. The summed E-state index contributed by atoms with van der Waals surface area (Å²) < 4.78 is 13.4. The average Bonchev–Trinajstić information content (AvgIpc) is 2.37. The Bertz CT molecular complexity index is 412. The van der Waals surface area contributed by atoms with Crippen molar-refractivity contribution in [1.82, 2.24) is 4.90 Å². The van der Waals surface area contributed by atoms with Gasteiger partial charge in [-0.05, 0) is 43.5 Å². The summed E-state index contributed by atoms with van der Waals surface area (Å²) in [6, 6.07) is 4.70. The van der Waals surface area contributed by atoms with Gasteiger partial charge in [0.05, 0.1) is 0 Å². The van der Waals surface area contributed by atoms with Crippen molar-refractivity contribution in [2.24, 2.45) is 0 Å². The molecular formula is C15H21BrFNO. The van der Waals surface area contributed by atoms with E-state index in [1.807, 2.05) is 4.90 Å². The van der Waals surface area contributed by atoms with Gasteiger partial charge in [-0.3, -0.25) is 4.79 Å². The van der Waals surface area contributed by atoms with Gasteiger partial charge in [-0.25, -0.2) is 4.39 Å². The first-order valence-corrected chi connectivity index (χ1v) is 7.79. The number of rotatable bonds is 6. The summed E-state index contributed by atoms with van der Waals surface area (Å²) in [6.07, 6.45) is 1.81. The lowest BCUT2D eigenvalue weighted by molar-refractivity contribution is 0.0682. The minimum Gasteiger partial charge on any atom is -0.335 e. The Morgan fingerprint density at radius 3 is 2.42 bits per heavy atom. The molecule has 0 fully saturated rings. The number of alkyl halides is 1. The number of nitrogens with zero attached hydrogens (tertiary/aromatic N) is 1. The van der Waals surface area contributed by atoms with Crippen molar-refractivity contribution in [3.8, 4) is 0 Å². The number of hydrogen-bond donors (Lipinski definition) is 0. The average molecular weight is 330 g/mol. The summed E-state index contributed by atoms with van der Waals surface area (Å²) in [4.78, 5) is 14.4. The highest BCUT2D eigenvalue weighted by Gasteiger charge is 2.22. The van der Waals surface area contributed by atoms with E-state index in [1.54, 1.807) is 13.0 Å². The van der Waals surface area contributed by atoms with E-state index in [0.29, 0.717) is 12.1 Å². The predicted octanol–water partition coefficient (Wildman–Crippen LogP) is 4.16. The third-order valence-electron chi connectivity index (χ3n) is 3.26. The van der Waals surface area contributed by atoms with Crippen LogP contribution in [0.1, 0.15) is 42.6 Å². The van der Waals surface area contributed by atoms with Gasteiger partial charge in [0.15, 0.2) is 0 Å². The van der Waals surface area contributed by atoms with Crippen LogP contribution in [0.25, 0.3) is 0 Å². The minimum absolute atomic E-state index is 0.0873. The highest BCUT2D eigenvalue weighted by molar-refractivity contribution is 9.09. The maximum Gasteiger partial charge on any atom is 0.254 e. The fraction of sp³-hybridized carbons (Fsp3) is 0.533. The first-order valence-electron chi connectivity index (χ1n) is 6.67. The maximum atomic E-state index is 13.4. The fourth-order valence-electron chi connectivity index (χ4n) is 2.30. The lowest BCUT2D eigenvalue weighted by Crippen LogP contribution is -2.41. The summed E-state index contributed by atoms with van der Waals surface area (Å²) in [6.45, 7) is 6.57. The summed E-state index contributed by atoms with van der Waals surface area (Å²) in [5.74, 6) is -0.442. The van der Waals surface area contributed by atoms with Crippen LogP contribution in [0.4, 0.5) is 4.39 Å². The molecule has 1 rings (SSSR count). The second-order valence-corrected chi connectivity index (χ2v) is 5.47. The van der Waals surface area contributed by atoms with Gasteiger partial charge in [-0.2, -0.15) is 0 Å². The Hall–Kier alpha value is -0.900. The first kappa shape index (κ1) is 16.2. The van der Waals surface area contributed by atoms with E-state index in [4.69, 9.17) is 0 Å². The molecule has 0 aliphatic carbocycles. The molecule has 4 heteroatoms. The van der Waals surface area contributed by atoms with Gasteiger partial charge in [0, 0.05) is 23.5 Å². The van der Waals surface area contributed by atoms with Crippen LogP contribution < -0.4 is 0 Å². The summed E-state index contributed by atoms with van der Waals surface area (Å²) in [5.41, 5.74) is 1.21. The lowest BCUT2D eigenvalue weighted by atomic mass is 10.1. The van der Waals surface area contributed by atoms with Crippen LogP contribution in [-0.2, 0) is 0 Å². The lowest BCUT2D eigenvalue weighted by Gasteiger charge is -2.30. The summed E-state index contributed by atoms with van der Waals surface area (Å²) in [7, 11) is 0. The number of carbonyl (C=O) groups is 1. The number of carbonyl (C=O) groups excluding carboxylic acids is 1. The van der Waals surface area contributed by atoms with Crippen molar-refractivity contribution in [3.63, 3.8) is 0 Å². The molecule has 0 bridgehead atoms. The maximum absolute atomic E-state index is 13.4. The van der Waals surface area contributed by atoms with E-state index in [-0.39, 0.29) is 17.8 Å². The number of benzene rings is 1. The van der Waals surface area contributed by atoms with E-state index < -0.39 is 0 Å². The van der Waals surface area contributed by atoms with Crippen molar-refractivity contribution in [1.29, 1.82) is 0 Å². The molecule has 0 aliphatic heterocycles. The standard InChI is InChI=1S/C15H21BrFNO/c1-4-14(5-2)18(7-6-16)15(19)12-8-11(3)9-13(17)10-12/h8-10,14H,4-7H2,1-3H3. The van der Waals surface area contributed by atoms with Gasteiger partial charge >= 0.3 is 0 Å². The zero-order chi connectivity index (χ0) is 14.4. The predicted molar refractivity (Wildman–Crippen MR) is 80.3 cm³/mol. The zero-order valence-corrected chi connectivity index (χ0v) is 13.3. The fourth-order valence-corrected chi connectivity index (χ4v) is 2.68. The molecule has 19 heavy (non-hydrogen) atoms. The van der Waals surface area contributed by atoms with Crippen LogP contribution in [0, 0.1) is 12.7 Å². The van der Waals surface area contributed by atoms with E-state index in [2.05, 4.69) is 29.8 Å². The number of hydrogen-bond acceptors (Lipinski definition) is 1. The zero-order valence-electron chi connectivity index (χ0n) is 11.7. The third-order valence-corrected chi connectivity index (χ3v) is 3.61. The van der Waals surface area contributed by atoms with Crippen LogP contribution in [-0.4, -0.2) is 28.7 Å². The van der Waals surface area contributed by atoms with Crippen molar-refractivity contribution < 1.29 is 9.18 Å². The van der Waals surface area contributed by atoms with Crippen LogP contribution in [0.5, 0.6) is 0 Å². The molecule has 0 atom stereocenters. The molecule has 1 amide bonds. The Labute approximate surface area is 123 Å². The van der Waals surface area contributed by atoms with Gasteiger partial charge < -0.3 is 4.90 Å². The van der Waals surface area contributed by atoms with E-state index in [9.17, 15) is 9.18 Å². The van der Waals surface area contributed by atoms with E-state index in [1.165, 1.54) is 12.1 Å². The molecule has 0 spiro atoms. The van der Waals surface area contributed by atoms with Gasteiger partial charge in [0.2, 0.25) is 0 Å². The van der Waals surface area contributed by atoms with E-state index >= 15 is 0 Å². The second-order valence-electron chi connectivity index (χ2n) is 4.68. The van der Waals surface area contributed by atoms with Gasteiger partial charge in [-0.15, -0.1) is 0 Å². The number of halogens is 2. The van der Waals surface area contributed by atoms with Crippen LogP contribution in [0.3, 0.4) is 0 Å². The SMILES string of the molecule is CCC(CC)N(CCBr)C(=O)c1cc(C)cc(F)c1. The summed E-state index contributed by atoms with van der Waals surface area (Å²) >= 11 is 3.38. The molecule has 0 radical (unpaired) electrons. The molecule has 0 aromatic heterocycles. The Balaban J connectivity index is 3.04. The van der Waals surface area contributed by atoms with Gasteiger partial charge in [0.1, 0.15) is 5.82 Å². The topological polar surface area (TPSA) is 20.3 Å². The van der Waals surface area contributed by atoms with Crippen LogP contribution in [0.15, 0.2) is 18.2 Å². The molecule has 2 nitrogen and oxygen atoms in total. The highest BCUT2D eigenvalue weighted by Crippen LogP contribution is 2.16. The molecular weight excluding hydrogens is 309 g/mol. The largest absolute Gasteiger partial charge is 0.335 e. The third kappa shape index (κ3) is 4.30. The van der Waals surface area contributed by atoms with Gasteiger partial charge in [-0.1, -0.05) is 29.8 Å². The highest BCUT2D eigenvalue weighted by atomic mass is 79.9. The molecule has 106 valence electrons. The molecule has 1 aromatic rings. The molecule has 0 saturated carbocycles. The molecule has 0 unspecified atom stereocenters. The smallest absolute Gasteiger partial charge is 0.254 e. The Kier molecular flexibility index (Phi) is 6.49. The molecule has 0 aliphatic rings. The number of amides is 1. The van der Waals surface area contributed by atoms with Gasteiger partial charge in [0.25, 0.3) is 5.91 Å². The normalized spacial score (nSPS) is 10.8. The first-order chi connectivity index (χ1) is 9.03.